The third kappa shape index (κ3) is 1.02. The van der Waals surface area contributed by atoms with Gasteiger partial charge in [-0.2, -0.15) is 0 Å². The minimum Gasteiger partial charge on any atom is -0.320 e. The van der Waals surface area contributed by atoms with Crippen LogP contribution in [-0.4, -0.2) is 0 Å². The molecule has 8 heavy (non-hydrogen) atoms. The Morgan fingerprint density at radius 2 is 2.62 bits per heavy atom. The maximum Gasteiger partial charge on any atom is 0.0765 e. The average Bonchev–Trinajstić information content (AvgIpc) is 1.90. The van der Waals surface area contributed by atoms with Gasteiger partial charge in [-0.15, -0.1) is 0 Å². The molecule has 0 aromatic rings. The molecule has 0 heterocycles. The van der Waals surface area contributed by atoms with Crippen LogP contribution >= 0.6 is 0 Å². The number of hydrogen-bond acceptors (Lipinski definition) is 2. The molecule has 2 nitrogen and oxygen atoms in total. The molecule has 0 radical (unpaired) electrons. The third-order valence-corrected chi connectivity index (χ3v) is 1.04. The first kappa shape index (κ1) is 5.20. The molecule has 0 aromatic heterocycles. The minimum absolute atomic E-state index is 0.938. The van der Waals surface area contributed by atoms with Gasteiger partial charge in [-0.05, 0) is 18.2 Å². The summed E-state index contributed by atoms with van der Waals surface area (Å²) in [6, 6.07) is 0. The lowest BCUT2D eigenvalue weighted by molar-refractivity contribution is 0.795. The lowest BCUT2D eigenvalue weighted by Crippen LogP contribution is -2.20. The summed E-state index contributed by atoms with van der Waals surface area (Å²) < 4.78 is 0. The molecule has 0 saturated heterocycles. The van der Waals surface area contributed by atoms with Crippen molar-refractivity contribution in [3.63, 3.8) is 0 Å². The number of rotatable bonds is 1. The van der Waals surface area contributed by atoms with Gasteiger partial charge in [0.15, 0.2) is 0 Å². The van der Waals surface area contributed by atoms with Crippen molar-refractivity contribution in [1.82, 2.24) is 5.43 Å². The molecule has 1 aliphatic carbocycles. The van der Waals surface area contributed by atoms with Gasteiger partial charge < -0.3 is 5.43 Å². The fraction of sp³-hybridized carbons (Fsp3) is 0.333. The lowest BCUT2D eigenvalue weighted by atomic mass is 10.2. The second-order valence-corrected chi connectivity index (χ2v) is 1.64. The van der Waals surface area contributed by atoms with E-state index in [9.17, 15) is 0 Å². The highest BCUT2D eigenvalue weighted by atomic mass is 15.2. The van der Waals surface area contributed by atoms with Crippen molar-refractivity contribution in [2.24, 2.45) is 5.84 Å². The summed E-state index contributed by atoms with van der Waals surface area (Å²) in [5.41, 5.74) is 9.14. The lowest BCUT2D eigenvalue weighted by Gasteiger charge is -2.00. The molecule has 0 bridgehead atoms. The molecule has 2 heteroatoms. The van der Waals surface area contributed by atoms with Gasteiger partial charge in [0.05, 0.1) is 5.70 Å². The number of hydrogen-bond donors (Lipinski definition) is 2. The molecule has 0 spiro atoms. The van der Waals surface area contributed by atoms with Gasteiger partial charge in [0.2, 0.25) is 0 Å². The highest BCUT2D eigenvalue weighted by Gasteiger charge is 1.91. The Morgan fingerprint density at radius 3 is 3.00 bits per heavy atom. The first-order valence-corrected chi connectivity index (χ1v) is 2.59. The Morgan fingerprint density at radius 1 is 1.75 bits per heavy atom. The fourth-order valence-corrected chi connectivity index (χ4v) is 0.598. The van der Waals surface area contributed by atoms with Crippen LogP contribution in [0.5, 0.6) is 0 Å². The fourth-order valence-electron chi connectivity index (χ4n) is 0.598. The average molecular weight is 108 g/mol. The summed E-state index contributed by atoms with van der Waals surface area (Å²) in [5.74, 6) is 5.10. The van der Waals surface area contributed by atoms with Crippen LogP contribution in [0.3, 0.4) is 0 Å². The molecule has 1 rings (SSSR count). The molecule has 0 saturated carbocycles. The molecule has 0 fully saturated rings. The normalized spacial score (nSPS) is 15.9. The number of nitrogens with one attached hydrogen (secondary N) is 1. The van der Waals surface area contributed by atoms with E-state index in [-0.39, 0.29) is 0 Å². The maximum atomic E-state index is 5.10. The van der Waals surface area contributed by atoms with Gasteiger partial charge in [0.1, 0.15) is 0 Å². The van der Waals surface area contributed by atoms with Crippen molar-refractivity contribution in [2.75, 3.05) is 0 Å². The van der Waals surface area contributed by atoms with Gasteiger partial charge >= 0.3 is 0 Å². The Bertz CT molecular complexity index is 169. The summed E-state index contributed by atoms with van der Waals surface area (Å²) in [7, 11) is 0. The Labute approximate surface area is 48.3 Å². The Hall–Kier alpha value is -0.940. The second kappa shape index (κ2) is 2.39. The van der Waals surface area contributed by atoms with Crippen molar-refractivity contribution in [1.29, 1.82) is 0 Å². The van der Waals surface area contributed by atoms with Crippen LogP contribution in [0.15, 0.2) is 23.2 Å². The highest BCUT2D eigenvalue weighted by molar-refractivity contribution is 5.04. The van der Waals surface area contributed by atoms with Gasteiger partial charge in [-0.1, -0.05) is 5.73 Å². The van der Waals surface area contributed by atoms with Crippen LogP contribution in [0.2, 0.25) is 0 Å². The predicted octanol–water partition coefficient (Wildman–Crippen LogP) is 0.438. The zero-order valence-electron chi connectivity index (χ0n) is 4.57. The zero-order valence-corrected chi connectivity index (χ0v) is 4.57. The van der Waals surface area contributed by atoms with E-state index in [0.717, 1.165) is 18.5 Å². The molecule has 3 N–H and O–H groups in total. The first-order valence-electron chi connectivity index (χ1n) is 2.59. The second-order valence-electron chi connectivity index (χ2n) is 1.64. The standard InChI is InChI=1S/C6H8N2/c7-8-6-4-2-1-3-5-6/h1,8H,2,4,7H2. The summed E-state index contributed by atoms with van der Waals surface area (Å²) in [6.45, 7) is 0. The molecular formula is C6H8N2. The van der Waals surface area contributed by atoms with E-state index in [1.54, 1.807) is 0 Å². The third-order valence-electron chi connectivity index (χ3n) is 1.04. The minimum atomic E-state index is 0.938. The molecule has 0 unspecified atom stereocenters. The van der Waals surface area contributed by atoms with E-state index < -0.39 is 0 Å². The van der Waals surface area contributed by atoms with Crippen LogP contribution in [0, 0.1) is 0 Å². The van der Waals surface area contributed by atoms with Crippen molar-refractivity contribution in [3.05, 3.63) is 23.2 Å². The highest BCUT2D eigenvalue weighted by Crippen LogP contribution is 2.01. The summed E-state index contributed by atoms with van der Waals surface area (Å²) in [5, 5.41) is 0. The maximum absolute atomic E-state index is 5.10. The van der Waals surface area contributed by atoms with E-state index in [1.807, 2.05) is 6.08 Å². The number of hydrazine groups is 1. The van der Waals surface area contributed by atoms with Crippen molar-refractivity contribution >= 4 is 0 Å². The Kier molecular flexibility index (Phi) is 1.55. The van der Waals surface area contributed by atoms with E-state index in [2.05, 4.69) is 16.9 Å². The monoisotopic (exact) mass is 108 g/mol. The molecule has 0 aliphatic heterocycles. The van der Waals surface area contributed by atoms with Gasteiger partial charge in [0.25, 0.3) is 0 Å². The van der Waals surface area contributed by atoms with E-state index in [4.69, 9.17) is 5.84 Å². The Balaban J connectivity index is 2.79. The molecule has 0 aromatic carbocycles. The van der Waals surface area contributed by atoms with Crippen molar-refractivity contribution in [3.8, 4) is 0 Å². The first-order chi connectivity index (χ1) is 3.93. The van der Waals surface area contributed by atoms with Crippen LogP contribution in [0.25, 0.3) is 0 Å². The van der Waals surface area contributed by atoms with Gasteiger partial charge in [-0.3, -0.25) is 5.84 Å². The summed E-state index contributed by atoms with van der Waals surface area (Å²) in [4.78, 5) is 0. The largest absolute Gasteiger partial charge is 0.320 e. The van der Waals surface area contributed by atoms with Gasteiger partial charge in [-0.25, -0.2) is 0 Å². The zero-order chi connectivity index (χ0) is 5.82. The van der Waals surface area contributed by atoms with E-state index in [1.165, 1.54) is 0 Å². The molecule has 42 valence electrons. The van der Waals surface area contributed by atoms with Crippen LogP contribution < -0.4 is 11.3 Å². The SMILES string of the molecule is NNC1=C=C=CCC1. The van der Waals surface area contributed by atoms with E-state index >= 15 is 0 Å². The molecule has 1 aliphatic rings. The van der Waals surface area contributed by atoms with Crippen LogP contribution in [0.4, 0.5) is 0 Å². The summed E-state index contributed by atoms with van der Waals surface area (Å²) >= 11 is 0. The number of allylic oxidation sites excluding steroid dienone is 2. The summed E-state index contributed by atoms with van der Waals surface area (Å²) in [6.07, 6.45) is 3.93. The quantitative estimate of drug-likeness (QED) is 0.290. The van der Waals surface area contributed by atoms with Crippen LogP contribution in [0.1, 0.15) is 12.8 Å². The molecular weight excluding hydrogens is 100 g/mol. The van der Waals surface area contributed by atoms with Crippen molar-refractivity contribution in [2.45, 2.75) is 12.8 Å². The smallest absolute Gasteiger partial charge is 0.0765 e. The molecule has 0 atom stereocenters. The predicted molar refractivity (Wildman–Crippen MR) is 31.7 cm³/mol. The van der Waals surface area contributed by atoms with Gasteiger partial charge in [0, 0.05) is 6.42 Å². The topological polar surface area (TPSA) is 38.0 Å². The number of nitrogens with two attached hydrogens (primary N) is 1. The van der Waals surface area contributed by atoms with Crippen LogP contribution in [-0.2, 0) is 0 Å². The van der Waals surface area contributed by atoms with Crippen molar-refractivity contribution < 1.29 is 0 Å². The van der Waals surface area contributed by atoms with E-state index in [0.29, 0.717) is 0 Å². The molecule has 0 amide bonds.